The van der Waals surface area contributed by atoms with Crippen LogP contribution in [0.15, 0.2) is 11.6 Å². The van der Waals surface area contributed by atoms with Gasteiger partial charge < -0.3 is 4.74 Å². The van der Waals surface area contributed by atoms with Crippen molar-refractivity contribution in [1.29, 1.82) is 0 Å². The van der Waals surface area contributed by atoms with Crippen molar-refractivity contribution in [2.45, 2.75) is 33.7 Å². The fraction of sp³-hybridized carbons (Fsp3) is 0.833. The Bertz CT molecular complexity index is 198. The van der Waals surface area contributed by atoms with E-state index in [4.69, 9.17) is 4.74 Å². The van der Waals surface area contributed by atoms with E-state index in [1.165, 1.54) is 0 Å². The van der Waals surface area contributed by atoms with Gasteiger partial charge in [-0.25, -0.2) is 0 Å². The quantitative estimate of drug-likeness (QED) is 0.627. The lowest BCUT2D eigenvalue weighted by Crippen LogP contribution is -2.36. The summed E-state index contributed by atoms with van der Waals surface area (Å²) in [7, 11) is 0. The highest BCUT2D eigenvalue weighted by atomic mass is 16.5. The number of ether oxygens (including phenoxy) is 1. The molecule has 0 aromatic heterocycles. The first-order valence-electron chi connectivity index (χ1n) is 5.72. The molecule has 1 rings (SSSR count). The summed E-state index contributed by atoms with van der Waals surface area (Å²) in [5, 5.41) is 0. The maximum Gasteiger partial charge on any atom is 0.0660 e. The predicted molar refractivity (Wildman–Crippen MR) is 60.4 cm³/mol. The smallest absolute Gasteiger partial charge is 0.0660 e. The summed E-state index contributed by atoms with van der Waals surface area (Å²) < 4.78 is 5.55. The molecule has 1 atom stereocenters. The molecule has 82 valence electrons. The lowest BCUT2D eigenvalue weighted by atomic mass is 9.98. The first-order valence-corrected chi connectivity index (χ1v) is 5.72. The molecule has 14 heavy (non-hydrogen) atoms. The highest BCUT2D eigenvalue weighted by molar-refractivity contribution is 5.20. The molecule has 1 aliphatic heterocycles. The maximum atomic E-state index is 5.55. The average Bonchev–Trinajstić information content (AvgIpc) is 2.57. The Kier molecular flexibility index (Phi) is 4.63. The van der Waals surface area contributed by atoms with Gasteiger partial charge in [0, 0.05) is 13.2 Å². The van der Waals surface area contributed by atoms with Crippen LogP contribution in [-0.2, 0) is 4.74 Å². The fourth-order valence-corrected chi connectivity index (χ4v) is 2.10. The molecular weight excluding hydrogens is 174 g/mol. The van der Waals surface area contributed by atoms with Crippen LogP contribution in [0, 0.1) is 5.92 Å². The Hall–Kier alpha value is -0.340. The van der Waals surface area contributed by atoms with E-state index in [0.717, 1.165) is 26.3 Å². The van der Waals surface area contributed by atoms with Crippen LogP contribution in [0.1, 0.15) is 27.7 Å². The van der Waals surface area contributed by atoms with Gasteiger partial charge in [-0.1, -0.05) is 32.4 Å². The van der Waals surface area contributed by atoms with E-state index in [1.54, 1.807) is 5.57 Å². The number of nitrogens with zero attached hydrogens (tertiary/aromatic N) is 1. The normalized spacial score (nSPS) is 23.2. The zero-order valence-corrected chi connectivity index (χ0v) is 9.92. The zero-order valence-electron chi connectivity index (χ0n) is 9.92. The third kappa shape index (κ3) is 2.58. The van der Waals surface area contributed by atoms with Crippen LogP contribution < -0.4 is 0 Å². The van der Waals surface area contributed by atoms with Gasteiger partial charge in [0.05, 0.1) is 12.6 Å². The summed E-state index contributed by atoms with van der Waals surface area (Å²) in [6.45, 7) is 12.7. The van der Waals surface area contributed by atoms with Crippen molar-refractivity contribution in [3.05, 3.63) is 11.6 Å². The van der Waals surface area contributed by atoms with Crippen LogP contribution >= 0.6 is 0 Å². The second-order valence-corrected chi connectivity index (χ2v) is 4.12. The van der Waals surface area contributed by atoms with E-state index in [1.807, 2.05) is 0 Å². The Morgan fingerprint density at radius 3 is 2.71 bits per heavy atom. The van der Waals surface area contributed by atoms with E-state index in [0.29, 0.717) is 12.0 Å². The standard InChI is InChI=1S/C12H23NO/c1-5-13-8-7-11(10(3)4)12(13)9-14-6-2/h7,10,12H,5-6,8-9H2,1-4H3. The van der Waals surface area contributed by atoms with Crippen LogP contribution in [0.4, 0.5) is 0 Å². The second-order valence-electron chi connectivity index (χ2n) is 4.12. The molecule has 0 N–H and O–H groups in total. The average molecular weight is 197 g/mol. The minimum absolute atomic E-state index is 0.528. The summed E-state index contributed by atoms with van der Waals surface area (Å²) in [5.41, 5.74) is 1.56. The van der Waals surface area contributed by atoms with Crippen molar-refractivity contribution in [3.63, 3.8) is 0 Å². The Labute approximate surface area is 87.9 Å². The van der Waals surface area contributed by atoms with Crippen LogP contribution in [0.3, 0.4) is 0 Å². The van der Waals surface area contributed by atoms with E-state index in [-0.39, 0.29) is 0 Å². The topological polar surface area (TPSA) is 12.5 Å². The van der Waals surface area contributed by atoms with Crippen LogP contribution in [0.25, 0.3) is 0 Å². The molecule has 0 aliphatic carbocycles. The summed E-state index contributed by atoms with van der Waals surface area (Å²) in [6, 6.07) is 0.528. The maximum absolute atomic E-state index is 5.55. The summed E-state index contributed by atoms with van der Waals surface area (Å²) in [6.07, 6.45) is 2.37. The van der Waals surface area contributed by atoms with Gasteiger partial charge in [0.25, 0.3) is 0 Å². The Morgan fingerprint density at radius 2 is 2.21 bits per heavy atom. The Morgan fingerprint density at radius 1 is 1.50 bits per heavy atom. The molecule has 0 saturated carbocycles. The van der Waals surface area contributed by atoms with Crippen molar-refractivity contribution in [1.82, 2.24) is 4.90 Å². The molecule has 0 amide bonds. The van der Waals surface area contributed by atoms with Crippen molar-refractivity contribution in [3.8, 4) is 0 Å². The molecule has 0 saturated heterocycles. The molecule has 0 fully saturated rings. The van der Waals surface area contributed by atoms with Gasteiger partial charge in [0.2, 0.25) is 0 Å². The highest BCUT2D eigenvalue weighted by Crippen LogP contribution is 2.24. The van der Waals surface area contributed by atoms with Gasteiger partial charge >= 0.3 is 0 Å². The van der Waals surface area contributed by atoms with Crippen LogP contribution in [-0.4, -0.2) is 37.2 Å². The fourth-order valence-electron chi connectivity index (χ4n) is 2.10. The molecule has 2 nitrogen and oxygen atoms in total. The minimum Gasteiger partial charge on any atom is -0.380 e. The first kappa shape index (κ1) is 11.7. The van der Waals surface area contributed by atoms with Crippen molar-refractivity contribution < 1.29 is 4.74 Å². The number of hydrogen-bond donors (Lipinski definition) is 0. The minimum atomic E-state index is 0.528. The second kappa shape index (κ2) is 5.52. The lowest BCUT2D eigenvalue weighted by molar-refractivity contribution is 0.0920. The molecule has 0 bridgehead atoms. The number of likely N-dealkylation sites (N-methyl/N-ethyl adjacent to an activating group) is 1. The molecular formula is C12H23NO. The molecule has 0 aromatic rings. The van der Waals surface area contributed by atoms with Gasteiger partial charge in [0.1, 0.15) is 0 Å². The van der Waals surface area contributed by atoms with Gasteiger partial charge in [-0.3, -0.25) is 4.90 Å². The first-order chi connectivity index (χ1) is 6.70. The van der Waals surface area contributed by atoms with E-state index in [2.05, 4.69) is 38.7 Å². The van der Waals surface area contributed by atoms with Crippen molar-refractivity contribution >= 4 is 0 Å². The third-order valence-corrected chi connectivity index (χ3v) is 2.94. The molecule has 1 heterocycles. The SMILES string of the molecule is CCOCC1C(C(C)C)=CCN1CC. The van der Waals surface area contributed by atoms with Gasteiger partial charge in [-0.05, 0) is 19.4 Å². The van der Waals surface area contributed by atoms with Gasteiger partial charge in [-0.2, -0.15) is 0 Å². The van der Waals surface area contributed by atoms with Crippen molar-refractivity contribution in [2.24, 2.45) is 5.92 Å². The van der Waals surface area contributed by atoms with E-state index < -0.39 is 0 Å². The molecule has 1 unspecified atom stereocenters. The Balaban J connectivity index is 2.57. The monoisotopic (exact) mass is 197 g/mol. The summed E-state index contributed by atoms with van der Waals surface area (Å²) >= 11 is 0. The van der Waals surface area contributed by atoms with E-state index >= 15 is 0 Å². The van der Waals surface area contributed by atoms with E-state index in [9.17, 15) is 0 Å². The third-order valence-electron chi connectivity index (χ3n) is 2.94. The molecule has 0 radical (unpaired) electrons. The molecule has 1 aliphatic rings. The predicted octanol–water partition coefficient (Wildman–Crippen LogP) is 2.31. The largest absolute Gasteiger partial charge is 0.380 e. The lowest BCUT2D eigenvalue weighted by Gasteiger charge is -2.27. The summed E-state index contributed by atoms with van der Waals surface area (Å²) in [5.74, 6) is 0.650. The van der Waals surface area contributed by atoms with Crippen LogP contribution in [0.5, 0.6) is 0 Å². The van der Waals surface area contributed by atoms with Gasteiger partial charge in [0.15, 0.2) is 0 Å². The highest BCUT2D eigenvalue weighted by Gasteiger charge is 2.27. The molecule has 0 aromatic carbocycles. The zero-order chi connectivity index (χ0) is 10.6. The molecule has 0 spiro atoms. The van der Waals surface area contributed by atoms with Gasteiger partial charge in [-0.15, -0.1) is 0 Å². The number of hydrogen-bond acceptors (Lipinski definition) is 2. The number of rotatable bonds is 5. The van der Waals surface area contributed by atoms with Crippen molar-refractivity contribution in [2.75, 3.05) is 26.3 Å². The summed E-state index contributed by atoms with van der Waals surface area (Å²) in [4.78, 5) is 2.48. The molecule has 2 heteroatoms. The van der Waals surface area contributed by atoms with Crippen LogP contribution in [0.2, 0.25) is 0 Å².